The van der Waals surface area contributed by atoms with Crippen LogP contribution in [0.3, 0.4) is 0 Å². The van der Waals surface area contributed by atoms with E-state index in [9.17, 15) is 9.59 Å². The minimum Gasteiger partial charge on any atom is -0.480 e. The van der Waals surface area contributed by atoms with Gasteiger partial charge in [0.2, 0.25) is 0 Å². The van der Waals surface area contributed by atoms with E-state index in [-0.39, 0.29) is 13.0 Å². The topological polar surface area (TPSA) is 112 Å². The van der Waals surface area contributed by atoms with Crippen molar-refractivity contribution >= 4 is 28.6 Å². The summed E-state index contributed by atoms with van der Waals surface area (Å²) in [6.45, 7) is -0.324. The number of carboxylic acids is 1. The van der Waals surface area contributed by atoms with Crippen molar-refractivity contribution in [2.75, 3.05) is 11.9 Å². The molecule has 0 spiro atoms. The van der Waals surface area contributed by atoms with E-state index in [2.05, 4.69) is 15.6 Å². The van der Waals surface area contributed by atoms with Crippen LogP contribution in [0.2, 0.25) is 0 Å². The maximum absolute atomic E-state index is 11.9. The Bertz CT molecular complexity index is 654. The average molecular weight is 289 g/mol. The van der Waals surface area contributed by atoms with Gasteiger partial charge in [-0.05, 0) is 24.3 Å². The zero-order valence-electron chi connectivity index (χ0n) is 11.1. The maximum atomic E-state index is 11.9. The van der Waals surface area contributed by atoms with Crippen molar-refractivity contribution in [2.24, 2.45) is 0 Å². The van der Waals surface area contributed by atoms with Crippen LogP contribution < -0.4 is 10.6 Å². The van der Waals surface area contributed by atoms with Gasteiger partial charge >= 0.3 is 12.0 Å². The highest BCUT2D eigenvalue weighted by atomic mass is 16.4. The number of hydrogen-bond donors (Lipinski definition) is 4. The molecule has 21 heavy (non-hydrogen) atoms. The van der Waals surface area contributed by atoms with E-state index in [0.717, 1.165) is 10.9 Å². The fourth-order valence-corrected chi connectivity index (χ4v) is 1.92. The summed E-state index contributed by atoms with van der Waals surface area (Å²) in [5.41, 5.74) is 1.26. The summed E-state index contributed by atoms with van der Waals surface area (Å²) < 4.78 is 0. The minimum atomic E-state index is -1.20. The number of nitrogens with zero attached hydrogens (tertiary/aromatic N) is 1. The maximum Gasteiger partial charge on any atom is 0.326 e. The second-order valence-corrected chi connectivity index (χ2v) is 4.38. The van der Waals surface area contributed by atoms with Crippen LogP contribution in [0.15, 0.2) is 36.5 Å². The number of urea groups is 1. The number of nitrogens with one attached hydrogen (secondary N) is 2. The van der Waals surface area contributed by atoms with Gasteiger partial charge in [0.05, 0.1) is 11.2 Å². The normalized spacial score (nSPS) is 11.9. The SMILES string of the molecule is O=C(Nc1cccc2ncccc12)NC(CCO)C(=O)O. The van der Waals surface area contributed by atoms with Gasteiger partial charge in [-0.15, -0.1) is 0 Å². The number of amides is 2. The van der Waals surface area contributed by atoms with Crippen LogP contribution in [-0.4, -0.2) is 39.8 Å². The molecule has 0 aliphatic heterocycles. The van der Waals surface area contributed by atoms with Crippen molar-refractivity contribution in [1.29, 1.82) is 0 Å². The lowest BCUT2D eigenvalue weighted by Gasteiger charge is -2.14. The molecule has 7 heteroatoms. The van der Waals surface area contributed by atoms with Gasteiger partial charge in [0.15, 0.2) is 0 Å². The Morgan fingerprint density at radius 2 is 2.05 bits per heavy atom. The first-order valence-corrected chi connectivity index (χ1v) is 6.36. The number of anilines is 1. The molecular formula is C14H15N3O4. The highest BCUT2D eigenvalue weighted by Gasteiger charge is 2.19. The predicted molar refractivity (Wildman–Crippen MR) is 77.0 cm³/mol. The summed E-state index contributed by atoms with van der Waals surface area (Å²) in [4.78, 5) is 27.0. The molecule has 4 N–H and O–H groups in total. The smallest absolute Gasteiger partial charge is 0.326 e. The second-order valence-electron chi connectivity index (χ2n) is 4.38. The van der Waals surface area contributed by atoms with Gasteiger partial charge in [0.1, 0.15) is 6.04 Å². The number of rotatable bonds is 5. The first kappa shape index (κ1) is 14.7. The Labute approximate surface area is 120 Å². The number of fused-ring (bicyclic) bond motifs is 1. The standard InChI is InChI=1S/C14H15N3O4/c18-8-6-12(13(19)20)17-14(21)16-11-5-1-4-10-9(11)3-2-7-15-10/h1-5,7,12,18H,6,8H2,(H,19,20)(H2,16,17,21). The zero-order chi connectivity index (χ0) is 15.2. The molecule has 0 aliphatic carbocycles. The van der Waals surface area contributed by atoms with E-state index in [1.807, 2.05) is 6.07 Å². The van der Waals surface area contributed by atoms with Crippen molar-refractivity contribution in [1.82, 2.24) is 10.3 Å². The molecule has 2 amide bonds. The van der Waals surface area contributed by atoms with Crippen LogP contribution in [-0.2, 0) is 4.79 Å². The zero-order valence-corrected chi connectivity index (χ0v) is 11.1. The number of aromatic nitrogens is 1. The summed E-state index contributed by atoms with van der Waals surface area (Å²) >= 11 is 0. The van der Waals surface area contributed by atoms with Gasteiger partial charge in [0.25, 0.3) is 0 Å². The number of hydrogen-bond acceptors (Lipinski definition) is 4. The van der Waals surface area contributed by atoms with Crippen LogP contribution in [0, 0.1) is 0 Å². The summed E-state index contributed by atoms with van der Waals surface area (Å²) in [5.74, 6) is -1.20. The molecule has 7 nitrogen and oxygen atoms in total. The van der Waals surface area contributed by atoms with Gasteiger partial charge in [-0.25, -0.2) is 9.59 Å². The number of aliphatic hydroxyl groups is 1. The van der Waals surface area contributed by atoms with E-state index in [0.29, 0.717) is 5.69 Å². The number of aliphatic carboxylic acids is 1. The Morgan fingerprint density at radius 3 is 2.76 bits per heavy atom. The predicted octanol–water partition coefficient (Wildman–Crippen LogP) is 1.19. The van der Waals surface area contributed by atoms with E-state index < -0.39 is 18.0 Å². The lowest BCUT2D eigenvalue weighted by atomic mass is 10.2. The van der Waals surface area contributed by atoms with Crippen molar-refractivity contribution in [3.8, 4) is 0 Å². The lowest BCUT2D eigenvalue weighted by molar-refractivity contribution is -0.139. The molecule has 110 valence electrons. The number of aliphatic hydroxyl groups excluding tert-OH is 1. The highest BCUT2D eigenvalue weighted by Crippen LogP contribution is 2.21. The molecule has 0 aliphatic rings. The van der Waals surface area contributed by atoms with E-state index >= 15 is 0 Å². The van der Waals surface area contributed by atoms with Gasteiger partial charge in [-0.1, -0.05) is 6.07 Å². The molecule has 0 saturated heterocycles. The van der Waals surface area contributed by atoms with Gasteiger partial charge in [-0.2, -0.15) is 0 Å². The van der Waals surface area contributed by atoms with Gasteiger partial charge in [0, 0.05) is 24.6 Å². The summed E-state index contributed by atoms with van der Waals surface area (Å²) in [6, 6.07) is 7.02. The largest absolute Gasteiger partial charge is 0.480 e. The molecule has 0 radical (unpaired) electrons. The monoisotopic (exact) mass is 289 g/mol. The van der Waals surface area contributed by atoms with Crippen molar-refractivity contribution in [3.05, 3.63) is 36.5 Å². The fraction of sp³-hybridized carbons (Fsp3) is 0.214. The van der Waals surface area contributed by atoms with Crippen molar-refractivity contribution < 1.29 is 19.8 Å². The van der Waals surface area contributed by atoms with Crippen molar-refractivity contribution in [2.45, 2.75) is 12.5 Å². The Kier molecular flexibility index (Phi) is 4.68. The average Bonchev–Trinajstić information content (AvgIpc) is 2.47. The first-order chi connectivity index (χ1) is 10.1. The van der Waals surface area contributed by atoms with Gasteiger partial charge < -0.3 is 20.8 Å². The lowest BCUT2D eigenvalue weighted by Crippen LogP contribution is -2.43. The van der Waals surface area contributed by atoms with Gasteiger partial charge in [-0.3, -0.25) is 4.98 Å². The molecule has 2 aromatic rings. The quantitative estimate of drug-likeness (QED) is 0.660. The molecule has 1 aromatic carbocycles. The Morgan fingerprint density at radius 1 is 1.24 bits per heavy atom. The number of carbonyl (C=O) groups is 2. The van der Waals surface area contributed by atoms with E-state index in [1.165, 1.54) is 0 Å². The number of carboxylic acid groups (broad SMARTS) is 1. The Hall–Kier alpha value is -2.67. The molecular weight excluding hydrogens is 274 g/mol. The number of carbonyl (C=O) groups excluding carboxylic acids is 1. The molecule has 1 unspecified atom stereocenters. The molecule has 1 heterocycles. The third-order valence-corrected chi connectivity index (χ3v) is 2.92. The molecule has 0 fully saturated rings. The summed E-state index contributed by atoms with van der Waals surface area (Å²) in [7, 11) is 0. The third kappa shape index (κ3) is 3.67. The molecule has 1 aromatic heterocycles. The number of pyridine rings is 1. The van der Waals surface area contributed by atoms with Crippen LogP contribution in [0.5, 0.6) is 0 Å². The fourth-order valence-electron chi connectivity index (χ4n) is 1.92. The second kappa shape index (κ2) is 6.67. The third-order valence-electron chi connectivity index (χ3n) is 2.92. The molecule has 0 saturated carbocycles. The first-order valence-electron chi connectivity index (χ1n) is 6.36. The van der Waals surface area contributed by atoms with Crippen molar-refractivity contribution in [3.63, 3.8) is 0 Å². The Balaban J connectivity index is 2.13. The van der Waals surface area contributed by atoms with Crippen LogP contribution in [0.25, 0.3) is 10.9 Å². The van der Waals surface area contributed by atoms with E-state index in [1.54, 1.807) is 30.5 Å². The molecule has 2 rings (SSSR count). The van der Waals surface area contributed by atoms with Crippen LogP contribution in [0.4, 0.5) is 10.5 Å². The molecule has 0 bridgehead atoms. The molecule has 1 atom stereocenters. The number of benzene rings is 1. The summed E-state index contributed by atoms with van der Waals surface area (Å²) in [5, 5.41) is 23.4. The highest BCUT2D eigenvalue weighted by molar-refractivity contribution is 6.01. The summed E-state index contributed by atoms with van der Waals surface area (Å²) in [6.07, 6.45) is 1.59. The van der Waals surface area contributed by atoms with E-state index in [4.69, 9.17) is 10.2 Å². The van der Waals surface area contributed by atoms with Crippen LogP contribution >= 0.6 is 0 Å². The minimum absolute atomic E-state index is 0.0557. The van der Waals surface area contributed by atoms with Crippen LogP contribution in [0.1, 0.15) is 6.42 Å².